The molecule has 0 aliphatic heterocycles. The van der Waals surface area contributed by atoms with Gasteiger partial charge in [0.1, 0.15) is 5.75 Å². The van der Waals surface area contributed by atoms with Crippen LogP contribution >= 0.6 is 0 Å². The summed E-state index contributed by atoms with van der Waals surface area (Å²) in [5, 5.41) is -1.16. The molecule has 0 saturated heterocycles. The third-order valence-electron chi connectivity index (χ3n) is 3.32. The van der Waals surface area contributed by atoms with Gasteiger partial charge in [0.25, 0.3) is 0 Å². The minimum atomic E-state index is -3.77. The quantitative estimate of drug-likeness (QED) is 0.686. The predicted molar refractivity (Wildman–Crippen MR) is 84.7 cm³/mol. The van der Waals surface area contributed by atoms with Gasteiger partial charge in [-0.25, -0.2) is 8.42 Å². The number of carbonyl (C=O) groups is 1. The van der Waals surface area contributed by atoms with Crippen molar-refractivity contribution in [2.75, 3.05) is 13.7 Å². The average molecular weight is 328 g/mol. The number of hydrogen-bond acceptors (Lipinski definition) is 5. The maximum atomic E-state index is 12.7. The smallest absolute Gasteiger partial charge is 0.324 e. The minimum absolute atomic E-state index is 0.107. The zero-order chi connectivity index (χ0) is 16.8. The number of methoxy groups -OCH3 is 1. The number of rotatable bonds is 8. The Morgan fingerprint density at radius 2 is 1.73 bits per heavy atom. The van der Waals surface area contributed by atoms with Crippen LogP contribution in [0, 0.1) is 5.92 Å². The monoisotopic (exact) mass is 328 g/mol. The third kappa shape index (κ3) is 4.73. The van der Waals surface area contributed by atoms with Crippen molar-refractivity contribution >= 4 is 15.8 Å². The van der Waals surface area contributed by atoms with E-state index in [1.165, 1.54) is 19.2 Å². The van der Waals surface area contributed by atoms with Gasteiger partial charge < -0.3 is 9.47 Å². The summed E-state index contributed by atoms with van der Waals surface area (Å²) in [6.45, 7) is 5.80. The molecule has 0 radical (unpaired) electrons. The van der Waals surface area contributed by atoms with Crippen LogP contribution in [0.1, 0.15) is 33.6 Å². The number of benzene rings is 1. The first-order valence-electron chi connectivity index (χ1n) is 7.37. The van der Waals surface area contributed by atoms with E-state index in [0.29, 0.717) is 18.1 Å². The highest BCUT2D eigenvalue weighted by atomic mass is 32.2. The summed E-state index contributed by atoms with van der Waals surface area (Å²) in [6.07, 6.45) is 0.893. The van der Waals surface area contributed by atoms with Crippen LogP contribution in [0.25, 0.3) is 0 Å². The summed E-state index contributed by atoms with van der Waals surface area (Å²) in [7, 11) is -2.27. The lowest BCUT2D eigenvalue weighted by Crippen LogP contribution is -2.32. The SMILES string of the molecule is CCOC(=O)C(CCC(C)C)S(=O)(=O)c1ccc(OC)cc1. The van der Waals surface area contributed by atoms with E-state index < -0.39 is 21.1 Å². The van der Waals surface area contributed by atoms with Crippen molar-refractivity contribution < 1.29 is 22.7 Å². The highest BCUT2D eigenvalue weighted by Gasteiger charge is 2.35. The lowest BCUT2D eigenvalue weighted by Gasteiger charge is -2.17. The molecule has 0 spiro atoms. The van der Waals surface area contributed by atoms with E-state index in [9.17, 15) is 13.2 Å². The topological polar surface area (TPSA) is 69.7 Å². The van der Waals surface area contributed by atoms with Gasteiger partial charge in [0, 0.05) is 0 Å². The fraction of sp³-hybridized carbons (Fsp3) is 0.562. The van der Waals surface area contributed by atoms with Crippen LogP contribution in [0.5, 0.6) is 5.75 Å². The molecular formula is C16H24O5S. The van der Waals surface area contributed by atoms with Crippen LogP contribution in [-0.4, -0.2) is 33.4 Å². The second-order valence-corrected chi connectivity index (χ2v) is 7.56. The first-order chi connectivity index (χ1) is 10.3. The highest BCUT2D eigenvalue weighted by Crippen LogP contribution is 2.24. The highest BCUT2D eigenvalue weighted by molar-refractivity contribution is 7.92. The molecule has 5 nitrogen and oxygen atoms in total. The normalized spacial score (nSPS) is 13.0. The van der Waals surface area contributed by atoms with E-state index in [1.54, 1.807) is 19.1 Å². The van der Waals surface area contributed by atoms with E-state index >= 15 is 0 Å². The second-order valence-electron chi connectivity index (χ2n) is 5.43. The summed E-state index contributed by atoms with van der Waals surface area (Å²) >= 11 is 0. The Morgan fingerprint density at radius 3 is 2.18 bits per heavy atom. The summed E-state index contributed by atoms with van der Waals surface area (Å²) in [5.41, 5.74) is 0. The molecule has 0 N–H and O–H groups in total. The van der Waals surface area contributed by atoms with Crippen molar-refractivity contribution in [1.82, 2.24) is 0 Å². The van der Waals surface area contributed by atoms with Crippen molar-refractivity contribution in [2.24, 2.45) is 5.92 Å². The number of ether oxygens (including phenoxy) is 2. The Kier molecular flexibility index (Phi) is 6.87. The van der Waals surface area contributed by atoms with Crippen LogP contribution in [-0.2, 0) is 19.4 Å². The predicted octanol–water partition coefficient (Wildman–Crippen LogP) is 2.84. The van der Waals surface area contributed by atoms with Gasteiger partial charge in [0.2, 0.25) is 0 Å². The number of esters is 1. The Labute approximate surface area is 132 Å². The van der Waals surface area contributed by atoms with Gasteiger partial charge in [-0.2, -0.15) is 0 Å². The Balaban J connectivity index is 3.10. The molecule has 1 rings (SSSR count). The lowest BCUT2D eigenvalue weighted by molar-refractivity contribution is -0.142. The first-order valence-corrected chi connectivity index (χ1v) is 8.92. The molecule has 0 aliphatic carbocycles. The Hall–Kier alpha value is -1.56. The standard InChI is InChI=1S/C16H24O5S/c1-5-21-16(17)15(11-6-12(2)3)22(18,19)14-9-7-13(20-4)8-10-14/h7-10,12,15H,5-6,11H2,1-4H3. The summed E-state index contributed by atoms with van der Waals surface area (Å²) in [6, 6.07) is 6.04. The van der Waals surface area contributed by atoms with Gasteiger partial charge in [-0.15, -0.1) is 0 Å². The molecule has 6 heteroatoms. The van der Waals surface area contributed by atoms with Gasteiger partial charge >= 0.3 is 5.97 Å². The van der Waals surface area contributed by atoms with Crippen LogP contribution in [0.4, 0.5) is 0 Å². The van der Waals surface area contributed by atoms with Crippen LogP contribution in [0.3, 0.4) is 0 Å². The molecule has 1 unspecified atom stereocenters. The first kappa shape index (κ1) is 18.5. The van der Waals surface area contributed by atoms with Gasteiger partial charge in [0.05, 0.1) is 18.6 Å². The molecule has 0 heterocycles. The van der Waals surface area contributed by atoms with Crippen molar-refractivity contribution in [1.29, 1.82) is 0 Å². The average Bonchev–Trinajstić information content (AvgIpc) is 2.47. The summed E-state index contributed by atoms with van der Waals surface area (Å²) in [4.78, 5) is 12.2. The zero-order valence-corrected chi connectivity index (χ0v) is 14.4. The Morgan fingerprint density at radius 1 is 1.14 bits per heavy atom. The zero-order valence-electron chi connectivity index (χ0n) is 13.5. The molecule has 1 aromatic rings. The molecule has 0 amide bonds. The van der Waals surface area contributed by atoms with E-state index in [4.69, 9.17) is 9.47 Å². The molecular weight excluding hydrogens is 304 g/mol. The summed E-state index contributed by atoms with van der Waals surface area (Å²) < 4.78 is 35.4. The fourth-order valence-electron chi connectivity index (χ4n) is 2.05. The maximum absolute atomic E-state index is 12.7. The largest absolute Gasteiger partial charge is 0.497 e. The maximum Gasteiger partial charge on any atom is 0.324 e. The minimum Gasteiger partial charge on any atom is -0.497 e. The van der Waals surface area contributed by atoms with E-state index in [0.717, 1.165) is 0 Å². The van der Waals surface area contributed by atoms with Crippen LogP contribution in [0.2, 0.25) is 0 Å². The fourth-order valence-corrected chi connectivity index (χ4v) is 3.66. The van der Waals surface area contributed by atoms with Crippen molar-refractivity contribution in [3.05, 3.63) is 24.3 Å². The molecule has 0 fully saturated rings. The molecule has 0 saturated carbocycles. The van der Waals surface area contributed by atoms with Crippen LogP contribution in [0.15, 0.2) is 29.2 Å². The molecule has 1 aromatic carbocycles. The molecule has 124 valence electrons. The molecule has 0 bridgehead atoms. The molecule has 1 atom stereocenters. The lowest BCUT2D eigenvalue weighted by atomic mass is 10.1. The van der Waals surface area contributed by atoms with E-state index in [1.807, 2.05) is 13.8 Å². The van der Waals surface area contributed by atoms with Gasteiger partial charge in [-0.05, 0) is 49.9 Å². The third-order valence-corrected chi connectivity index (χ3v) is 5.42. The second kappa shape index (κ2) is 8.17. The van der Waals surface area contributed by atoms with Gasteiger partial charge in [0.15, 0.2) is 15.1 Å². The molecule has 0 aromatic heterocycles. The van der Waals surface area contributed by atoms with Crippen molar-refractivity contribution in [3.63, 3.8) is 0 Å². The molecule has 0 aliphatic rings. The van der Waals surface area contributed by atoms with Gasteiger partial charge in [-0.3, -0.25) is 4.79 Å². The van der Waals surface area contributed by atoms with Crippen molar-refractivity contribution in [3.8, 4) is 5.75 Å². The van der Waals surface area contributed by atoms with E-state index in [2.05, 4.69) is 0 Å². The van der Waals surface area contributed by atoms with E-state index in [-0.39, 0.29) is 17.9 Å². The van der Waals surface area contributed by atoms with Crippen molar-refractivity contribution in [2.45, 2.75) is 43.8 Å². The number of sulfone groups is 1. The van der Waals surface area contributed by atoms with Crippen LogP contribution < -0.4 is 4.74 Å². The number of carbonyl (C=O) groups excluding carboxylic acids is 1. The molecule has 22 heavy (non-hydrogen) atoms. The Bertz CT molecular complexity index is 575. The number of hydrogen-bond donors (Lipinski definition) is 0. The van der Waals surface area contributed by atoms with Gasteiger partial charge in [-0.1, -0.05) is 13.8 Å². The summed E-state index contributed by atoms with van der Waals surface area (Å²) in [5.74, 6) is 0.191.